The third kappa shape index (κ3) is 6.94. The van der Waals surface area contributed by atoms with E-state index in [1.165, 1.54) is 0 Å². The SMILES string of the molecule is CC1CN(c2ccc(Cl)c(Cl)c2)N=C1NC(=O)CCCNC(=O)COCCN. The minimum absolute atomic E-state index is 0.0255. The van der Waals surface area contributed by atoms with E-state index in [-0.39, 0.29) is 30.8 Å². The number of amides is 2. The largest absolute Gasteiger partial charge is 0.370 e. The number of hydrogen-bond donors (Lipinski definition) is 3. The van der Waals surface area contributed by atoms with Crippen LogP contribution in [0, 0.1) is 5.92 Å². The number of carbonyl (C=O) groups is 2. The Morgan fingerprint density at radius 1 is 1.32 bits per heavy atom. The maximum absolute atomic E-state index is 12.1. The number of benzene rings is 1. The standard InChI is InChI=1S/C18H25Cl2N5O3/c1-12-10-25(13-4-5-14(19)15(20)9-13)24-18(12)23-16(26)3-2-7-22-17(27)11-28-8-6-21/h4-5,9,12H,2-3,6-8,10-11,21H2,1H3,(H,22,27)(H,23,24,26). The number of amidine groups is 1. The number of ether oxygens (including phenoxy) is 1. The van der Waals surface area contributed by atoms with E-state index in [0.29, 0.717) is 48.5 Å². The molecule has 0 fully saturated rings. The van der Waals surface area contributed by atoms with E-state index in [9.17, 15) is 9.59 Å². The highest BCUT2D eigenvalue weighted by Gasteiger charge is 2.25. The molecule has 0 aromatic heterocycles. The molecule has 0 saturated carbocycles. The summed E-state index contributed by atoms with van der Waals surface area (Å²) in [6.45, 7) is 3.70. The smallest absolute Gasteiger partial charge is 0.245 e. The zero-order valence-electron chi connectivity index (χ0n) is 15.7. The van der Waals surface area contributed by atoms with Crippen molar-refractivity contribution in [2.45, 2.75) is 19.8 Å². The predicted molar refractivity (Wildman–Crippen MR) is 111 cm³/mol. The molecule has 0 radical (unpaired) electrons. The highest BCUT2D eigenvalue weighted by Crippen LogP contribution is 2.29. The molecule has 0 saturated heterocycles. The molecule has 1 aliphatic heterocycles. The van der Waals surface area contributed by atoms with E-state index in [4.69, 9.17) is 33.7 Å². The van der Waals surface area contributed by atoms with Gasteiger partial charge in [-0.1, -0.05) is 30.1 Å². The molecular weight excluding hydrogens is 405 g/mol. The average Bonchev–Trinajstić information content (AvgIpc) is 3.02. The van der Waals surface area contributed by atoms with Gasteiger partial charge in [-0.3, -0.25) is 14.6 Å². The van der Waals surface area contributed by atoms with Crippen LogP contribution in [0.2, 0.25) is 10.0 Å². The van der Waals surface area contributed by atoms with Gasteiger partial charge in [-0.15, -0.1) is 0 Å². The molecule has 1 atom stereocenters. The fraction of sp³-hybridized carbons (Fsp3) is 0.500. The van der Waals surface area contributed by atoms with Gasteiger partial charge in [-0.25, -0.2) is 0 Å². The van der Waals surface area contributed by atoms with Gasteiger partial charge in [0, 0.05) is 25.4 Å². The quantitative estimate of drug-likeness (QED) is 0.518. The van der Waals surface area contributed by atoms with E-state index in [1.54, 1.807) is 17.1 Å². The zero-order chi connectivity index (χ0) is 20.5. The summed E-state index contributed by atoms with van der Waals surface area (Å²) in [4.78, 5) is 23.6. The van der Waals surface area contributed by atoms with Crippen LogP contribution in [0.3, 0.4) is 0 Å². The van der Waals surface area contributed by atoms with E-state index in [1.807, 2.05) is 13.0 Å². The Kier molecular flexibility index (Phi) is 8.98. The van der Waals surface area contributed by atoms with Gasteiger partial charge in [-0.05, 0) is 24.6 Å². The summed E-state index contributed by atoms with van der Waals surface area (Å²) in [6, 6.07) is 5.28. The average molecular weight is 430 g/mol. The number of nitrogens with zero attached hydrogens (tertiary/aromatic N) is 2. The summed E-state index contributed by atoms with van der Waals surface area (Å²) >= 11 is 12.0. The molecule has 1 heterocycles. The number of nitrogens with one attached hydrogen (secondary N) is 2. The molecule has 28 heavy (non-hydrogen) atoms. The number of anilines is 1. The van der Waals surface area contributed by atoms with Crippen LogP contribution in [0.4, 0.5) is 5.69 Å². The van der Waals surface area contributed by atoms with E-state index >= 15 is 0 Å². The van der Waals surface area contributed by atoms with Gasteiger partial charge in [0.15, 0.2) is 0 Å². The summed E-state index contributed by atoms with van der Waals surface area (Å²) in [5.74, 6) is 0.309. The Bertz CT molecular complexity index is 729. The van der Waals surface area contributed by atoms with Crippen LogP contribution in [0.25, 0.3) is 0 Å². The maximum atomic E-state index is 12.1. The van der Waals surface area contributed by atoms with E-state index in [2.05, 4.69) is 15.7 Å². The number of halogens is 2. The minimum Gasteiger partial charge on any atom is -0.370 e. The monoisotopic (exact) mass is 429 g/mol. The molecule has 10 heteroatoms. The first-order valence-electron chi connectivity index (χ1n) is 9.06. The van der Waals surface area contributed by atoms with Crippen LogP contribution in [-0.4, -0.2) is 50.5 Å². The molecule has 1 aliphatic rings. The third-order valence-electron chi connectivity index (χ3n) is 4.01. The zero-order valence-corrected chi connectivity index (χ0v) is 17.2. The topological polar surface area (TPSA) is 109 Å². The van der Waals surface area contributed by atoms with Crippen LogP contribution >= 0.6 is 23.2 Å². The Balaban J connectivity index is 1.75. The Labute approximate surface area is 174 Å². The normalized spacial score (nSPS) is 16.1. The summed E-state index contributed by atoms with van der Waals surface area (Å²) in [5.41, 5.74) is 6.09. The van der Waals surface area contributed by atoms with Gasteiger partial charge in [0.25, 0.3) is 0 Å². The Morgan fingerprint density at radius 3 is 2.82 bits per heavy atom. The summed E-state index contributed by atoms with van der Waals surface area (Å²) < 4.78 is 5.03. The fourth-order valence-corrected chi connectivity index (χ4v) is 2.85. The molecule has 0 bridgehead atoms. The first-order valence-corrected chi connectivity index (χ1v) is 9.81. The second-order valence-corrected chi connectivity index (χ2v) is 7.22. The molecule has 154 valence electrons. The van der Waals surface area contributed by atoms with Crippen molar-refractivity contribution >= 4 is 46.5 Å². The lowest BCUT2D eigenvalue weighted by molar-refractivity contribution is -0.126. The lowest BCUT2D eigenvalue weighted by Gasteiger charge is -2.14. The first-order chi connectivity index (χ1) is 13.4. The van der Waals surface area contributed by atoms with Crippen LogP contribution in [0.5, 0.6) is 0 Å². The van der Waals surface area contributed by atoms with Crippen LogP contribution < -0.4 is 21.4 Å². The van der Waals surface area contributed by atoms with Crippen molar-refractivity contribution in [2.24, 2.45) is 16.8 Å². The predicted octanol–water partition coefficient (Wildman–Crippen LogP) is 1.75. The summed E-state index contributed by atoms with van der Waals surface area (Å²) in [5, 5.41) is 12.7. The number of hydrazone groups is 1. The number of rotatable bonds is 9. The number of hydrogen-bond acceptors (Lipinski definition) is 6. The molecule has 4 N–H and O–H groups in total. The summed E-state index contributed by atoms with van der Waals surface area (Å²) in [7, 11) is 0. The maximum Gasteiger partial charge on any atom is 0.245 e. The highest BCUT2D eigenvalue weighted by atomic mass is 35.5. The summed E-state index contributed by atoms with van der Waals surface area (Å²) in [6.07, 6.45) is 0.801. The van der Waals surface area contributed by atoms with Gasteiger partial charge in [0.05, 0.1) is 28.9 Å². The van der Waals surface area contributed by atoms with Crippen molar-refractivity contribution in [3.05, 3.63) is 28.2 Å². The highest BCUT2D eigenvalue weighted by molar-refractivity contribution is 6.42. The van der Waals surface area contributed by atoms with Crippen LogP contribution in [0.15, 0.2) is 23.3 Å². The second kappa shape index (κ2) is 11.2. The molecule has 0 aliphatic carbocycles. The first kappa shape index (κ1) is 22.4. The van der Waals surface area contributed by atoms with Gasteiger partial charge in [0.2, 0.25) is 11.8 Å². The van der Waals surface area contributed by atoms with Crippen molar-refractivity contribution in [2.75, 3.05) is 37.9 Å². The lowest BCUT2D eigenvalue weighted by atomic mass is 10.1. The number of nitrogens with two attached hydrogens (primary N) is 1. The Morgan fingerprint density at radius 2 is 2.11 bits per heavy atom. The van der Waals surface area contributed by atoms with Crippen molar-refractivity contribution < 1.29 is 14.3 Å². The van der Waals surface area contributed by atoms with E-state index < -0.39 is 0 Å². The second-order valence-electron chi connectivity index (χ2n) is 6.41. The molecule has 8 nitrogen and oxygen atoms in total. The lowest BCUT2D eigenvalue weighted by Crippen LogP contribution is -2.34. The molecule has 0 spiro atoms. The molecule has 2 amide bonds. The van der Waals surface area contributed by atoms with Gasteiger partial charge in [0.1, 0.15) is 12.4 Å². The third-order valence-corrected chi connectivity index (χ3v) is 4.75. The molecule has 2 rings (SSSR count). The minimum atomic E-state index is -0.222. The van der Waals surface area contributed by atoms with Crippen LogP contribution in [-0.2, 0) is 14.3 Å². The number of carbonyl (C=O) groups excluding carboxylic acids is 2. The van der Waals surface area contributed by atoms with Gasteiger partial charge in [-0.2, -0.15) is 5.10 Å². The molecule has 1 aromatic rings. The van der Waals surface area contributed by atoms with Gasteiger partial charge < -0.3 is 21.1 Å². The molecular formula is C18H25Cl2N5O3. The van der Waals surface area contributed by atoms with E-state index in [0.717, 1.165) is 5.69 Å². The molecule has 1 aromatic carbocycles. The van der Waals surface area contributed by atoms with Crippen molar-refractivity contribution in [3.63, 3.8) is 0 Å². The molecule has 1 unspecified atom stereocenters. The Hall–Kier alpha value is -1.87. The fourth-order valence-electron chi connectivity index (χ4n) is 2.55. The van der Waals surface area contributed by atoms with Crippen molar-refractivity contribution in [1.82, 2.24) is 10.6 Å². The van der Waals surface area contributed by atoms with Crippen molar-refractivity contribution in [3.8, 4) is 0 Å². The van der Waals surface area contributed by atoms with Crippen molar-refractivity contribution in [1.29, 1.82) is 0 Å². The van der Waals surface area contributed by atoms with Crippen LogP contribution in [0.1, 0.15) is 19.8 Å². The van der Waals surface area contributed by atoms with Gasteiger partial charge >= 0.3 is 0 Å².